The largest absolute Gasteiger partial charge is 0.503 e. The fraction of sp³-hybridized carbons (Fsp3) is 0.0500. The average molecular weight is 316 g/mol. The number of aromatic amines is 1. The summed E-state index contributed by atoms with van der Waals surface area (Å²) < 4.78 is 1.81. The summed E-state index contributed by atoms with van der Waals surface area (Å²) in [7, 11) is 0. The third-order valence-electron chi connectivity index (χ3n) is 4.23. The van der Waals surface area contributed by atoms with Gasteiger partial charge in [0.1, 0.15) is 0 Å². The first-order valence-corrected chi connectivity index (χ1v) is 7.72. The smallest absolute Gasteiger partial charge is 0.223 e. The van der Waals surface area contributed by atoms with Crippen molar-refractivity contribution in [2.75, 3.05) is 0 Å². The first-order valence-electron chi connectivity index (χ1n) is 7.72. The van der Waals surface area contributed by atoms with Gasteiger partial charge in [0.2, 0.25) is 5.43 Å². The Bertz CT molecular complexity index is 1110. The Morgan fingerprint density at radius 1 is 1.00 bits per heavy atom. The maximum atomic E-state index is 11.5. The SMILES string of the molecule is Cc1cc(=O)c(O)cn1-c1cccc(-c2ccc3[nH]ccc3c2)c1. The van der Waals surface area contributed by atoms with E-state index in [0.717, 1.165) is 33.4 Å². The molecule has 0 amide bonds. The van der Waals surface area contributed by atoms with Crippen LogP contribution in [0, 0.1) is 6.92 Å². The van der Waals surface area contributed by atoms with Crippen molar-refractivity contribution in [2.24, 2.45) is 0 Å². The minimum atomic E-state index is -0.363. The third-order valence-corrected chi connectivity index (χ3v) is 4.23. The highest BCUT2D eigenvalue weighted by Crippen LogP contribution is 2.26. The first kappa shape index (κ1) is 14.3. The molecule has 0 bridgehead atoms. The van der Waals surface area contributed by atoms with Gasteiger partial charge >= 0.3 is 0 Å². The van der Waals surface area contributed by atoms with E-state index in [4.69, 9.17) is 0 Å². The molecule has 4 aromatic rings. The zero-order chi connectivity index (χ0) is 16.7. The Labute approximate surface area is 138 Å². The molecule has 0 saturated carbocycles. The maximum absolute atomic E-state index is 11.5. The Morgan fingerprint density at radius 2 is 1.83 bits per heavy atom. The number of fused-ring (bicyclic) bond motifs is 1. The van der Waals surface area contributed by atoms with E-state index in [0.29, 0.717) is 0 Å². The monoisotopic (exact) mass is 316 g/mol. The van der Waals surface area contributed by atoms with Gasteiger partial charge < -0.3 is 14.7 Å². The minimum Gasteiger partial charge on any atom is -0.503 e. The highest BCUT2D eigenvalue weighted by Gasteiger charge is 2.06. The number of aromatic nitrogens is 2. The molecule has 24 heavy (non-hydrogen) atoms. The molecule has 0 aliphatic rings. The zero-order valence-corrected chi connectivity index (χ0v) is 13.2. The van der Waals surface area contributed by atoms with E-state index in [1.54, 1.807) is 0 Å². The van der Waals surface area contributed by atoms with Gasteiger partial charge in [0.15, 0.2) is 5.75 Å². The molecule has 2 N–H and O–H groups in total. The van der Waals surface area contributed by atoms with Crippen molar-refractivity contribution in [1.82, 2.24) is 9.55 Å². The number of nitrogens with one attached hydrogen (secondary N) is 1. The highest BCUT2D eigenvalue weighted by atomic mass is 16.3. The summed E-state index contributed by atoms with van der Waals surface area (Å²) in [5.41, 5.74) is 4.61. The molecule has 0 radical (unpaired) electrons. The van der Waals surface area contributed by atoms with Crippen LogP contribution in [0.1, 0.15) is 5.69 Å². The number of hydrogen-bond donors (Lipinski definition) is 2. The topological polar surface area (TPSA) is 58.0 Å². The second-order valence-electron chi connectivity index (χ2n) is 5.86. The van der Waals surface area contributed by atoms with Gasteiger partial charge in [-0.3, -0.25) is 4.79 Å². The van der Waals surface area contributed by atoms with E-state index >= 15 is 0 Å². The van der Waals surface area contributed by atoms with Crippen LogP contribution >= 0.6 is 0 Å². The van der Waals surface area contributed by atoms with Gasteiger partial charge in [-0.15, -0.1) is 0 Å². The molecule has 2 aromatic carbocycles. The number of hydrogen-bond acceptors (Lipinski definition) is 2. The summed E-state index contributed by atoms with van der Waals surface area (Å²) in [6.45, 7) is 1.85. The molecule has 0 aliphatic carbocycles. The third kappa shape index (κ3) is 2.38. The molecular weight excluding hydrogens is 300 g/mol. The summed E-state index contributed by atoms with van der Waals surface area (Å²) in [5.74, 6) is -0.250. The molecule has 118 valence electrons. The highest BCUT2D eigenvalue weighted by molar-refractivity contribution is 5.85. The van der Waals surface area contributed by atoms with Crippen molar-refractivity contribution in [3.63, 3.8) is 0 Å². The second kappa shape index (κ2) is 5.42. The minimum absolute atomic E-state index is 0.250. The van der Waals surface area contributed by atoms with Crippen LogP contribution in [0.25, 0.3) is 27.7 Å². The summed E-state index contributed by atoms with van der Waals surface area (Å²) >= 11 is 0. The van der Waals surface area contributed by atoms with Gasteiger partial charge in [-0.2, -0.15) is 0 Å². The fourth-order valence-electron chi connectivity index (χ4n) is 2.97. The predicted octanol–water partition coefficient (Wildman–Crippen LogP) is 4.00. The average Bonchev–Trinajstić information content (AvgIpc) is 3.06. The lowest BCUT2D eigenvalue weighted by atomic mass is 10.0. The van der Waals surface area contributed by atoms with E-state index in [1.165, 1.54) is 12.3 Å². The number of aromatic hydroxyl groups is 1. The summed E-state index contributed by atoms with van der Waals surface area (Å²) in [6, 6.07) is 17.8. The number of rotatable bonds is 2. The standard InChI is InChI=1S/C20H16N2O2/c1-13-9-19(23)20(24)12-22(13)17-4-2-3-14(11-17)15-5-6-18-16(10-15)7-8-21-18/h2-12,21,24H,1H3. The normalized spacial score (nSPS) is 11.0. The van der Waals surface area contributed by atoms with Crippen LogP contribution in [0.4, 0.5) is 0 Å². The zero-order valence-electron chi connectivity index (χ0n) is 13.2. The number of pyridine rings is 1. The van der Waals surface area contributed by atoms with Crippen LogP contribution in [0.5, 0.6) is 5.75 Å². The number of benzene rings is 2. The molecule has 4 nitrogen and oxygen atoms in total. The van der Waals surface area contributed by atoms with E-state index in [1.807, 2.05) is 42.0 Å². The first-order chi connectivity index (χ1) is 11.6. The van der Waals surface area contributed by atoms with E-state index in [2.05, 4.69) is 29.2 Å². The molecule has 2 heterocycles. The number of H-pyrrole nitrogens is 1. The Balaban J connectivity index is 1.84. The molecule has 0 unspecified atom stereocenters. The second-order valence-corrected chi connectivity index (χ2v) is 5.86. The van der Waals surface area contributed by atoms with Crippen molar-refractivity contribution >= 4 is 10.9 Å². The molecular formula is C20H16N2O2. The molecule has 4 rings (SSSR count). The van der Waals surface area contributed by atoms with Gasteiger partial charge in [-0.25, -0.2) is 0 Å². The lowest BCUT2D eigenvalue weighted by molar-refractivity contribution is 0.465. The van der Waals surface area contributed by atoms with Crippen molar-refractivity contribution in [2.45, 2.75) is 6.92 Å². The Kier molecular flexibility index (Phi) is 3.24. The van der Waals surface area contributed by atoms with Crippen LogP contribution in [0.2, 0.25) is 0 Å². The van der Waals surface area contributed by atoms with Crippen LogP contribution in [-0.4, -0.2) is 14.7 Å². The maximum Gasteiger partial charge on any atom is 0.223 e. The van der Waals surface area contributed by atoms with Crippen molar-refractivity contribution < 1.29 is 5.11 Å². The van der Waals surface area contributed by atoms with Gasteiger partial charge in [0, 0.05) is 29.2 Å². The van der Waals surface area contributed by atoms with Crippen LogP contribution < -0.4 is 5.43 Å². The van der Waals surface area contributed by atoms with Gasteiger partial charge in [-0.05, 0) is 53.8 Å². The summed E-state index contributed by atoms with van der Waals surface area (Å²) in [4.78, 5) is 14.7. The molecule has 0 saturated heterocycles. The predicted molar refractivity (Wildman–Crippen MR) is 95.7 cm³/mol. The van der Waals surface area contributed by atoms with Gasteiger partial charge in [0.25, 0.3) is 0 Å². The van der Waals surface area contributed by atoms with Crippen molar-refractivity contribution in [3.05, 3.63) is 82.9 Å². The number of nitrogens with zero attached hydrogens (tertiary/aromatic N) is 1. The summed E-state index contributed by atoms with van der Waals surface area (Å²) in [6.07, 6.45) is 3.39. The molecule has 0 fully saturated rings. The fourth-order valence-corrected chi connectivity index (χ4v) is 2.97. The molecule has 0 spiro atoms. The van der Waals surface area contributed by atoms with E-state index < -0.39 is 0 Å². The van der Waals surface area contributed by atoms with Crippen molar-refractivity contribution in [3.8, 4) is 22.6 Å². The van der Waals surface area contributed by atoms with Crippen LogP contribution in [0.15, 0.2) is 71.8 Å². The molecule has 2 aromatic heterocycles. The van der Waals surface area contributed by atoms with Crippen molar-refractivity contribution in [1.29, 1.82) is 0 Å². The molecule has 0 atom stereocenters. The van der Waals surface area contributed by atoms with E-state index in [9.17, 15) is 9.90 Å². The van der Waals surface area contributed by atoms with Gasteiger partial charge in [-0.1, -0.05) is 18.2 Å². The van der Waals surface area contributed by atoms with Crippen LogP contribution in [-0.2, 0) is 0 Å². The number of aryl methyl sites for hydroxylation is 1. The quantitative estimate of drug-likeness (QED) is 0.587. The van der Waals surface area contributed by atoms with Crippen LogP contribution in [0.3, 0.4) is 0 Å². The lowest BCUT2D eigenvalue weighted by Gasteiger charge is -2.12. The lowest BCUT2D eigenvalue weighted by Crippen LogP contribution is -2.08. The van der Waals surface area contributed by atoms with Gasteiger partial charge in [0.05, 0.1) is 6.20 Å². The molecule has 4 heteroatoms. The van der Waals surface area contributed by atoms with E-state index in [-0.39, 0.29) is 11.2 Å². The Hall–Kier alpha value is -3.27. The summed E-state index contributed by atoms with van der Waals surface area (Å²) in [5, 5.41) is 10.9. The Morgan fingerprint density at radius 3 is 2.71 bits per heavy atom. The molecule has 0 aliphatic heterocycles.